The number of carbonyl (C=O) groups is 1. The van der Waals surface area contributed by atoms with E-state index < -0.39 is 5.97 Å². The summed E-state index contributed by atoms with van der Waals surface area (Å²) < 4.78 is 0. The molecule has 1 saturated heterocycles. The fourth-order valence-electron chi connectivity index (χ4n) is 3.11. The van der Waals surface area contributed by atoms with E-state index in [0.717, 1.165) is 6.54 Å². The van der Waals surface area contributed by atoms with Crippen molar-refractivity contribution in [3.63, 3.8) is 0 Å². The fourth-order valence-corrected chi connectivity index (χ4v) is 3.11. The maximum Gasteiger partial charge on any atom is 0.356 e. The molecule has 0 radical (unpaired) electrons. The molecule has 0 saturated carbocycles. The summed E-state index contributed by atoms with van der Waals surface area (Å²) in [5.41, 5.74) is 2.45. The van der Waals surface area contributed by atoms with Gasteiger partial charge in [0.15, 0.2) is 5.69 Å². The Balaban J connectivity index is 1.56. The molecule has 1 aliphatic heterocycles. The Hall–Kier alpha value is -2.47. The van der Waals surface area contributed by atoms with E-state index >= 15 is 0 Å². The van der Waals surface area contributed by atoms with Gasteiger partial charge in [-0.2, -0.15) is 0 Å². The molecule has 1 aliphatic rings. The molecule has 132 valence electrons. The zero-order chi connectivity index (χ0) is 17.5. The van der Waals surface area contributed by atoms with Crippen molar-refractivity contribution in [2.24, 2.45) is 0 Å². The van der Waals surface area contributed by atoms with Gasteiger partial charge in [-0.05, 0) is 37.1 Å². The van der Waals surface area contributed by atoms with Crippen LogP contribution in [0.5, 0.6) is 0 Å². The topological polar surface area (TPSA) is 78.3 Å². The molecule has 1 fully saturated rings. The highest BCUT2D eigenvalue weighted by atomic mass is 16.4. The van der Waals surface area contributed by atoms with Crippen LogP contribution in [-0.4, -0.2) is 39.0 Å². The van der Waals surface area contributed by atoms with E-state index in [2.05, 4.69) is 44.5 Å². The highest BCUT2D eigenvalue weighted by molar-refractivity contribution is 5.84. The number of anilines is 1. The molecule has 0 amide bonds. The minimum absolute atomic E-state index is 0.0509. The molecule has 2 aromatic rings. The standard InChI is InChI=1S/C19H24N4O2/c24-19(25)17-12-22-18(13-20-17)21-11-15-6-5-7-16(10-15)14-23-8-3-1-2-4-9-23/h5-7,10,12-13H,1-4,8-9,11,14H2,(H,21,22)(H,24,25). The van der Waals surface area contributed by atoms with Crippen molar-refractivity contribution in [2.75, 3.05) is 18.4 Å². The first-order chi connectivity index (χ1) is 12.2. The summed E-state index contributed by atoms with van der Waals surface area (Å²) in [7, 11) is 0. The third-order valence-corrected chi connectivity index (χ3v) is 4.44. The molecule has 0 spiro atoms. The number of benzene rings is 1. The molecule has 6 nitrogen and oxygen atoms in total. The smallest absolute Gasteiger partial charge is 0.356 e. The Labute approximate surface area is 147 Å². The van der Waals surface area contributed by atoms with Crippen LogP contribution in [0.15, 0.2) is 36.7 Å². The first-order valence-electron chi connectivity index (χ1n) is 8.80. The zero-order valence-corrected chi connectivity index (χ0v) is 14.3. The van der Waals surface area contributed by atoms with E-state index in [0.29, 0.717) is 12.4 Å². The molecule has 1 aromatic heterocycles. The molecular formula is C19H24N4O2. The molecule has 2 heterocycles. The first kappa shape index (κ1) is 17.4. The molecule has 25 heavy (non-hydrogen) atoms. The van der Waals surface area contributed by atoms with E-state index in [-0.39, 0.29) is 5.69 Å². The summed E-state index contributed by atoms with van der Waals surface area (Å²) in [6.45, 7) is 4.01. The Kier molecular flexibility index (Phi) is 5.95. The molecule has 2 N–H and O–H groups in total. The summed E-state index contributed by atoms with van der Waals surface area (Å²) in [5, 5.41) is 12.0. The van der Waals surface area contributed by atoms with Gasteiger partial charge in [0.05, 0.1) is 12.4 Å². The lowest BCUT2D eigenvalue weighted by Crippen LogP contribution is -2.24. The van der Waals surface area contributed by atoms with Gasteiger partial charge >= 0.3 is 5.97 Å². The van der Waals surface area contributed by atoms with Crippen molar-refractivity contribution in [1.29, 1.82) is 0 Å². The third-order valence-electron chi connectivity index (χ3n) is 4.44. The van der Waals surface area contributed by atoms with Gasteiger partial charge in [-0.15, -0.1) is 0 Å². The lowest BCUT2D eigenvalue weighted by atomic mass is 10.1. The zero-order valence-electron chi connectivity index (χ0n) is 14.3. The highest BCUT2D eigenvalue weighted by Gasteiger charge is 2.10. The molecule has 0 atom stereocenters. The largest absolute Gasteiger partial charge is 0.476 e. The number of nitrogens with one attached hydrogen (secondary N) is 1. The average molecular weight is 340 g/mol. The SMILES string of the molecule is O=C(O)c1cnc(NCc2cccc(CN3CCCCCC3)c2)cn1. The molecule has 0 bridgehead atoms. The second-order valence-corrected chi connectivity index (χ2v) is 6.46. The number of carboxylic acids is 1. The number of rotatable bonds is 6. The summed E-state index contributed by atoms with van der Waals surface area (Å²) in [6.07, 6.45) is 8.01. The van der Waals surface area contributed by atoms with Crippen LogP contribution in [0.2, 0.25) is 0 Å². The quantitative estimate of drug-likeness (QED) is 0.841. The van der Waals surface area contributed by atoms with Gasteiger partial charge in [0.25, 0.3) is 0 Å². The van der Waals surface area contributed by atoms with Gasteiger partial charge in [-0.1, -0.05) is 37.1 Å². The van der Waals surface area contributed by atoms with Crippen LogP contribution in [0.3, 0.4) is 0 Å². The van der Waals surface area contributed by atoms with Gasteiger partial charge in [-0.25, -0.2) is 14.8 Å². The predicted molar refractivity (Wildman–Crippen MR) is 96.5 cm³/mol. The predicted octanol–water partition coefficient (Wildman–Crippen LogP) is 3.16. The lowest BCUT2D eigenvalue weighted by Gasteiger charge is -2.20. The van der Waals surface area contributed by atoms with Gasteiger partial charge in [0.2, 0.25) is 0 Å². The Morgan fingerprint density at radius 1 is 1.08 bits per heavy atom. The van der Waals surface area contributed by atoms with Crippen LogP contribution in [-0.2, 0) is 13.1 Å². The number of aromatic nitrogens is 2. The van der Waals surface area contributed by atoms with Crippen LogP contribution >= 0.6 is 0 Å². The minimum Gasteiger partial charge on any atom is -0.476 e. The summed E-state index contributed by atoms with van der Waals surface area (Å²) in [6, 6.07) is 8.56. The second kappa shape index (κ2) is 8.58. The van der Waals surface area contributed by atoms with Gasteiger partial charge in [0, 0.05) is 13.1 Å². The van der Waals surface area contributed by atoms with Crippen molar-refractivity contribution in [2.45, 2.75) is 38.8 Å². The lowest BCUT2D eigenvalue weighted by molar-refractivity contribution is 0.0690. The monoisotopic (exact) mass is 340 g/mol. The van der Waals surface area contributed by atoms with Crippen LogP contribution in [0.4, 0.5) is 5.82 Å². The van der Waals surface area contributed by atoms with Gasteiger partial charge in [-0.3, -0.25) is 4.90 Å². The number of aromatic carboxylic acids is 1. The van der Waals surface area contributed by atoms with Crippen LogP contribution in [0.1, 0.15) is 47.3 Å². The maximum absolute atomic E-state index is 10.8. The number of likely N-dealkylation sites (tertiary alicyclic amines) is 1. The molecular weight excluding hydrogens is 316 g/mol. The normalized spacial score (nSPS) is 15.5. The van der Waals surface area contributed by atoms with Gasteiger partial charge < -0.3 is 10.4 Å². The van der Waals surface area contributed by atoms with E-state index in [9.17, 15) is 4.79 Å². The molecule has 0 unspecified atom stereocenters. The molecule has 3 rings (SSSR count). The summed E-state index contributed by atoms with van der Waals surface area (Å²) in [5.74, 6) is -0.497. The van der Waals surface area contributed by atoms with Crippen LogP contribution in [0, 0.1) is 0 Å². The molecule has 0 aliphatic carbocycles. The summed E-state index contributed by atoms with van der Waals surface area (Å²) in [4.78, 5) is 21.3. The van der Waals surface area contributed by atoms with Crippen molar-refractivity contribution in [1.82, 2.24) is 14.9 Å². The molecule has 1 aromatic carbocycles. The van der Waals surface area contributed by atoms with E-state index in [1.165, 1.54) is 62.3 Å². The summed E-state index contributed by atoms with van der Waals surface area (Å²) >= 11 is 0. The number of hydrogen-bond donors (Lipinski definition) is 2. The van der Waals surface area contributed by atoms with Crippen LogP contribution < -0.4 is 5.32 Å². The Morgan fingerprint density at radius 2 is 1.84 bits per heavy atom. The fraction of sp³-hybridized carbons (Fsp3) is 0.421. The van der Waals surface area contributed by atoms with Gasteiger partial charge in [0.1, 0.15) is 5.82 Å². The Morgan fingerprint density at radius 3 is 2.52 bits per heavy atom. The number of hydrogen-bond acceptors (Lipinski definition) is 5. The first-order valence-corrected chi connectivity index (χ1v) is 8.80. The van der Waals surface area contributed by atoms with E-state index in [4.69, 9.17) is 5.11 Å². The number of nitrogens with zero attached hydrogens (tertiary/aromatic N) is 3. The second-order valence-electron chi connectivity index (χ2n) is 6.46. The van der Waals surface area contributed by atoms with Crippen molar-refractivity contribution in [3.05, 3.63) is 53.5 Å². The van der Waals surface area contributed by atoms with Crippen molar-refractivity contribution >= 4 is 11.8 Å². The maximum atomic E-state index is 10.8. The highest BCUT2D eigenvalue weighted by Crippen LogP contribution is 2.15. The third kappa shape index (κ3) is 5.26. The Bertz CT molecular complexity index is 695. The van der Waals surface area contributed by atoms with Crippen molar-refractivity contribution in [3.8, 4) is 0 Å². The van der Waals surface area contributed by atoms with Crippen molar-refractivity contribution < 1.29 is 9.90 Å². The van der Waals surface area contributed by atoms with E-state index in [1.54, 1.807) is 0 Å². The molecule has 6 heteroatoms. The minimum atomic E-state index is -1.07. The average Bonchev–Trinajstić information content (AvgIpc) is 2.89. The van der Waals surface area contributed by atoms with Crippen LogP contribution in [0.25, 0.3) is 0 Å². The number of carboxylic acid groups (broad SMARTS) is 1. The van der Waals surface area contributed by atoms with E-state index in [1.807, 2.05) is 0 Å².